The lowest BCUT2D eigenvalue weighted by Crippen LogP contribution is -2.30. The van der Waals surface area contributed by atoms with E-state index in [-0.39, 0.29) is 31.1 Å². The van der Waals surface area contributed by atoms with E-state index in [1.165, 1.54) is 154 Å². The molecule has 0 aromatic carbocycles. The van der Waals surface area contributed by atoms with Gasteiger partial charge in [-0.3, -0.25) is 14.4 Å². The molecule has 0 aliphatic carbocycles. The molecule has 0 N–H and O–H groups in total. The first-order chi connectivity index (χ1) is 29.0. The van der Waals surface area contributed by atoms with Crippen molar-refractivity contribution < 1.29 is 28.6 Å². The molecular weight excluding hydrogens is 733 g/mol. The van der Waals surface area contributed by atoms with Crippen LogP contribution >= 0.6 is 0 Å². The summed E-state index contributed by atoms with van der Waals surface area (Å²) in [7, 11) is 0. The monoisotopic (exact) mass is 829 g/mol. The van der Waals surface area contributed by atoms with Gasteiger partial charge in [0.2, 0.25) is 0 Å². The van der Waals surface area contributed by atoms with E-state index in [9.17, 15) is 14.4 Å². The molecule has 0 saturated carbocycles. The van der Waals surface area contributed by atoms with Crippen LogP contribution in [-0.2, 0) is 28.6 Å². The third kappa shape index (κ3) is 46.5. The molecule has 0 aliphatic rings. The molecule has 0 aromatic rings. The number of allylic oxidation sites excluding steroid dienone is 6. The molecule has 0 heterocycles. The summed E-state index contributed by atoms with van der Waals surface area (Å²) < 4.78 is 16.7. The van der Waals surface area contributed by atoms with Crippen LogP contribution in [0.15, 0.2) is 36.5 Å². The summed E-state index contributed by atoms with van der Waals surface area (Å²) in [6, 6.07) is 0. The molecular formula is C53H96O6. The summed E-state index contributed by atoms with van der Waals surface area (Å²) in [6.07, 6.45) is 55.7. The summed E-state index contributed by atoms with van der Waals surface area (Å²) in [6.45, 7) is 6.57. The van der Waals surface area contributed by atoms with Crippen molar-refractivity contribution in [2.24, 2.45) is 0 Å². The lowest BCUT2D eigenvalue weighted by molar-refractivity contribution is -0.167. The number of carbonyl (C=O) groups is 3. The average Bonchev–Trinajstić information content (AvgIpc) is 3.23. The van der Waals surface area contributed by atoms with Crippen molar-refractivity contribution in [1.29, 1.82) is 0 Å². The number of rotatable bonds is 46. The normalized spacial score (nSPS) is 12.3. The molecule has 0 fully saturated rings. The average molecular weight is 829 g/mol. The summed E-state index contributed by atoms with van der Waals surface area (Å²) in [5, 5.41) is 0. The van der Waals surface area contributed by atoms with E-state index in [4.69, 9.17) is 14.2 Å². The maximum atomic E-state index is 12.8. The van der Waals surface area contributed by atoms with E-state index in [1.54, 1.807) is 0 Å². The molecule has 0 saturated heterocycles. The Morgan fingerprint density at radius 1 is 0.339 bits per heavy atom. The van der Waals surface area contributed by atoms with Gasteiger partial charge < -0.3 is 14.2 Å². The van der Waals surface area contributed by atoms with Gasteiger partial charge in [0.05, 0.1) is 0 Å². The molecule has 0 rings (SSSR count). The summed E-state index contributed by atoms with van der Waals surface area (Å²) in [5.41, 5.74) is 0. The van der Waals surface area contributed by atoms with Crippen LogP contribution in [-0.4, -0.2) is 37.2 Å². The van der Waals surface area contributed by atoms with Gasteiger partial charge >= 0.3 is 17.9 Å². The Balaban J connectivity index is 4.26. The van der Waals surface area contributed by atoms with Gasteiger partial charge in [-0.05, 0) is 77.0 Å². The van der Waals surface area contributed by atoms with Crippen LogP contribution in [0, 0.1) is 0 Å². The molecule has 0 radical (unpaired) electrons. The number of esters is 3. The summed E-state index contributed by atoms with van der Waals surface area (Å²) in [5.74, 6) is -0.886. The first-order valence-corrected chi connectivity index (χ1v) is 25.5. The van der Waals surface area contributed by atoms with Crippen LogP contribution in [0.1, 0.15) is 265 Å². The number of unbranched alkanes of at least 4 members (excludes halogenated alkanes) is 29. The molecule has 0 amide bonds. The Labute approximate surface area is 365 Å². The second-order valence-corrected chi connectivity index (χ2v) is 17.1. The van der Waals surface area contributed by atoms with Crippen molar-refractivity contribution >= 4 is 17.9 Å². The number of carbonyl (C=O) groups excluding carboxylic acids is 3. The lowest BCUT2D eigenvalue weighted by Gasteiger charge is -2.18. The lowest BCUT2D eigenvalue weighted by atomic mass is 10.1. The van der Waals surface area contributed by atoms with E-state index in [1.807, 2.05) is 0 Å². The zero-order valence-corrected chi connectivity index (χ0v) is 39.3. The standard InChI is InChI=1S/C53H96O6/c1-4-7-10-13-16-18-20-22-24-26-28-30-32-34-37-40-43-46-52(55)58-49-50(48-57-51(54)45-42-39-36-15-12-9-6-3)59-53(56)47-44-41-38-35-33-31-29-27-25-23-21-19-17-14-11-8-5-2/h16,18,22-25,50H,4-15,17,19-21,26-49H2,1-3H3/b18-16-,24-22-,25-23-. The van der Waals surface area contributed by atoms with Crippen LogP contribution in [0.2, 0.25) is 0 Å². The predicted octanol–water partition coefficient (Wildman–Crippen LogP) is 16.5. The third-order valence-corrected chi connectivity index (χ3v) is 11.1. The van der Waals surface area contributed by atoms with E-state index in [0.717, 1.165) is 70.6 Å². The van der Waals surface area contributed by atoms with Gasteiger partial charge in [-0.15, -0.1) is 0 Å². The second-order valence-electron chi connectivity index (χ2n) is 17.1. The van der Waals surface area contributed by atoms with Crippen LogP contribution in [0.3, 0.4) is 0 Å². The van der Waals surface area contributed by atoms with Crippen molar-refractivity contribution in [3.8, 4) is 0 Å². The Morgan fingerprint density at radius 2 is 0.610 bits per heavy atom. The first kappa shape index (κ1) is 56.6. The highest BCUT2D eigenvalue weighted by Gasteiger charge is 2.19. The van der Waals surface area contributed by atoms with Crippen LogP contribution in [0.5, 0.6) is 0 Å². The summed E-state index contributed by atoms with van der Waals surface area (Å²) >= 11 is 0. The molecule has 6 nitrogen and oxygen atoms in total. The highest BCUT2D eigenvalue weighted by molar-refractivity contribution is 5.71. The van der Waals surface area contributed by atoms with Crippen LogP contribution in [0.4, 0.5) is 0 Å². The smallest absolute Gasteiger partial charge is 0.306 e. The molecule has 344 valence electrons. The van der Waals surface area contributed by atoms with Crippen molar-refractivity contribution in [3.63, 3.8) is 0 Å². The molecule has 0 spiro atoms. The van der Waals surface area contributed by atoms with E-state index in [0.29, 0.717) is 19.3 Å². The summed E-state index contributed by atoms with van der Waals surface area (Å²) in [4.78, 5) is 37.8. The SMILES string of the molecule is CCCCC/C=C\C/C=C\CCCCCCCCCC(=O)OCC(COC(=O)CCCCCCCCC)OC(=O)CCCCCCCCC/C=C\CCCCCCCC. The second kappa shape index (κ2) is 48.3. The van der Waals surface area contributed by atoms with Crippen molar-refractivity contribution in [3.05, 3.63) is 36.5 Å². The van der Waals surface area contributed by atoms with E-state index < -0.39 is 6.10 Å². The number of hydrogen-bond acceptors (Lipinski definition) is 6. The highest BCUT2D eigenvalue weighted by atomic mass is 16.6. The Morgan fingerprint density at radius 3 is 0.983 bits per heavy atom. The fraction of sp³-hybridized carbons (Fsp3) is 0.830. The molecule has 0 bridgehead atoms. The van der Waals surface area contributed by atoms with Gasteiger partial charge in [-0.1, -0.05) is 205 Å². The van der Waals surface area contributed by atoms with Crippen molar-refractivity contribution in [2.45, 2.75) is 271 Å². The minimum absolute atomic E-state index is 0.0748. The topological polar surface area (TPSA) is 78.9 Å². The molecule has 6 heteroatoms. The van der Waals surface area contributed by atoms with Gasteiger partial charge in [-0.2, -0.15) is 0 Å². The largest absolute Gasteiger partial charge is 0.462 e. The fourth-order valence-corrected chi connectivity index (χ4v) is 7.23. The predicted molar refractivity (Wildman–Crippen MR) is 252 cm³/mol. The Bertz CT molecular complexity index is 1000. The maximum Gasteiger partial charge on any atom is 0.306 e. The molecule has 1 unspecified atom stereocenters. The van der Waals surface area contributed by atoms with Gasteiger partial charge in [0.15, 0.2) is 6.10 Å². The van der Waals surface area contributed by atoms with Crippen molar-refractivity contribution in [1.82, 2.24) is 0 Å². The maximum absolute atomic E-state index is 12.8. The Kier molecular flexibility index (Phi) is 46.4. The van der Waals surface area contributed by atoms with Gasteiger partial charge in [-0.25, -0.2) is 0 Å². The molecule has 59 heavy (non-hydrogen) atoms. The van der Waals surface area contributed by atoms with E-state index in [2.05, 4.69) is 57.2 Å². The fourth-order valence-electron chi connectivity index (χ4n) is 7.23. The van der Waals surface area contributed by atoms with Gasteiger partial charge in [0.1, 0.15) is 13.2 Å². The van der Waals surface area contributed by atoms with Gasteiger partial charge in [0.25, 0.3) is 0 Å². The minimum Gasteiger partial charge on any atom is -0.462 e. The zero-order chi connectivity index (χ0) is 43.0. The minimum atomic E-state index is -0.772. The number of ether oxygens (including phenoxy) is 3. The first-order valence-electron chi connectivity index (χ1n) is 25.5. The number of hydrogen-bond donors (Lipinski definition) is 0. The third-order valence-electron chi connectivity index (χ3n) is 11.1. The Hall–Kier alpha value is -2.37. The highest BCUT2D eigenvalue weighted by Crippen LogP contribution is 2.15. The van der Waals surface area contributed by atoms with E-state index >= 15 is 0 Å². The van der Waals surface area contributed by atoms with Crippen LogP contribution in [0.25, 0.3) is 0 Å². The van der Waals surface area contributed by atoms with Crippen LogP contribution < -0.4 is 0 Å². The molecule has 0 aliphatic heterocycles. The quantitative estimate of drug-likeness (QED) is 0.0263. The van der Waals surface area contributed by atoms with Gasteiger partial charge in [0, 0.05) is 19.3 Å². The molecule has 0 aromatic heterocycles. The molecule has 1 atom stereocenters. The van der Waals surface area contributed by atoms with Crippen molar-refractivity contribution in [2.75, 3.05) is 13.2 Å². The zero-order valence-electron chi connectivity index (χ0n) is 39.3.